The molecule has 0 N–H and O–H groups in total. The summed E-state index contributed by atoms with van der Waals surface area (Å²) in [7, 11) is 0. The Labute approximate surface area is 237 Å². The summed E-state index contributed by atoms with van der Waals surface area (Å²) < 4.78 is 12.2. The van der Waals surface area contributed by atoms with Crippen molar-refractivity contribution >= 4 is 73.6 Å². The van der Waals surface area contributed by atoms with Gasteiger partial charge in [0.15, 0.2) is 5.79 Å². The second-order valence-electron chi connectivity index (χ2n) is 9.30. The number of hydrogen-bond acceptors (Lipinski definition) is 10. The molecule has 1 aliphatic carbocycles. The zero-order chi connectivity index (χ0) is 27.1. The summed E-state index contributed by atoms with van der Waals surface area (Å²) in [6.45, 7) is 3.06. The van der Waals surface area contributed by atoms with E-state index in [1.807, 2.05) is 18.2 Å². The SMILES string of the molecule is CC(=O)CCC(S)CC(=O)CCC(S)OC1(OC(S)CCC(=O)CC(S)CCC(C)=O)C=CC=CC1. The third kappa shape index (κ3) is 15.7. The standard InChI is InChI=1S/C26H40O6S4/c1-18(27)6-10-22(33)16-20(29)8-12-24(35)31-26(14-4-3-5-15-26)32-25(36)13-9-21(30)17-23(34)11-7-19(2)28/h3-5,14,22-25,33-36H,6-13,15-17H2,1-2H3. The molecular formula is C26H40O6S4. The van der Waals surface area contributed by atoms with Gasteiger partial charge in [-0.2, -0.15) is 25.3 Å². The first kappa shape index (κ1) is 33.5. The Hall–Kier alpha value is -0.520. The number of Topliss-reactive ketones (excluding diaryl/α,β-unsaturated/α-hetero) is 4. The number of hydrogen-bond donors (Lipinski definition) is 4. The lowest BCUT2D eigenvalue weighted by Crippen LogP contribution is -2.39. The number of rotatable bonds is 20. The highest BCUT2D eigenvalue weighted by Gasteiger charge is 2.34. The maximum atomic E-state index is 12.3. The first-order valence-electron chi connectivity index (χ1n) is 12.4. The van der Waals surface area contributed by atoms with Gasteiger partial charge in [0, 0.05) is 55.4 Å². The lowest BCUT2D eigenvalue weighted by Gasteiger charge is -2.35. The third-order valence-corrected chi connectivity index (χ3v) is 7.21. The molecule has 0 radical (unpaired) electrons. The summed E-state index contributed by atoms with van der Waals surface area (Å²) in [5.41, 5.74) is -1.09. The Kier molecular flexibility index (Phi) is 16.7. The minimum atomic E-state index is -1.08. The fraction of sp³-hybridized carbons (Fsp3) is 0.692. The first-order valence-corrected chi connectivity index (χ1v) is 14.4. The number of carbonyl (C=O) groups excluding carboxylic acids is 4. The fourth-order valence-corrected chi connectivity index (χ4v) is 4.89. The van der Waals surface area contributed by atoms with E-state index >= 15 is 0 Å². The van der Waals surface area contributed by atoms with E-state index in [1.54, 1.807) is 6.08 Å². The Balaban J connectivity index is 2.50. The van der Waals surface area contributed by atoms with Crippen molar-refractivity contribution in [1.82, 2.24) is 0 Å². The van der Waals surface area contributed by atoms with Crippen molar-refractivity contribution in [3.63, 3.8) is 0 Å². The van der Waals surface area contributed by atoms with E-state index in [4.69, 9.17) is 9.47 Å². The van der Waals surface area contributed by atoms with Crippen LogP contribution in [0.3, 0.4) is 0 Å². The van der Waals surface area contributed by atoms with Gasteiger partial charge >= 0.3 is 0 Å². The van der Waals surface area contributed by atoms with E-state index in [0.29, 0.717) is 57.8 Å². The van der Waals surface area contributed by atoms with Crippen molar-refractivity contribution in [1.29, 1.82) is 0 Å². The minimum absolute atomic E-state index is 0.0478. The van der Waals surface area contributed by atoms with Gasteiger partial charge < -0.3 is 19.1 Å². The molecule has 0 saturated heterocycles. The smallest absolute Gasteiger partial charge is 0.194 e. The Bertz CT molecular complexity index is 747. The van der Waals surface area contributed by atoms with Crippen molar-refractivity contribution in [3.05, 3.63) is 24.3 Å². The zero-order valence-corrected chi connectivity index (χ0v) is 24.7. The van der Waals surface area contributed by atoms with E-state index in [1.165, 1.54) is 13.8 Å². The van der Waals surface area contributed by atoms with Crippen LogP contribution in [0, 0.1) is 0 Å². The van der Waals surface area contributed by atoms with Gasteiger partial charge in [-0.25, -0.2) is 0 Å². The average molecular weight is 577 g/mol. The monoisotopic (exact) mass is 576 g/mol. The van der Waals surface area contributed by atoms with Crippen molar-refractivity contribution in [3.8, 4) is 0 Å². The van der Waals surface area contributed by atoms with Crippen molar-refractivity contribution in [2.24, 2.45) is 0 Å². The molecule has 0 aliphatic heterocycles. The van der Waals surface area contributed by atoms with E-state index < -0.39 is 16.7 Å². The predicted molar refractivity (Wildman–Crippen MR) is 156 cm³/mol. The fourth-order valence-electron chi connectivity index (χ4n) is 3.60. The van der Waals surface area contributed by atoms with Gasteiger partial charge in [0.2, 0.25) is 0 Å². The van der Waals surface area contributed by atoms with Gasteiger partial charge in [-0.15, -0.1) is 25.3 Å². The molecule has 0 aromatic carbocycles. The maximum absolute atomic E-state index is 12.3. The molecule has 0 spiro atoms. The molecular weight excluding hydrogens is 537 g/mol. The summed E-state index contributed by atoms with van der Waals surface area (Å²) in [5.74, 6) is -0.806. The van der Waals surface area contributed by atoms with Gasteiger partial charge in [0.25, 0.3) is 0 Å². The molecule has 36 heavy (non-hydrogen) atoms. The number of ketones is 4. The molecule has 4 unspecified atom stereocenters. The van der Waals surface area contributed by atoms with Gasteiger partial charge in [-0.1, -0.05) is 18.2 Å². The summed E-state index contributed by atoms with van der Waals surface area (Å²) in [5, 5.41) is -0.275. The predicted octanol–water partition coefficient (Wildman–Crippen LogP) is 5.56. The quantitative estimate of drug-likeness (QED) is 0.112. The maximum Gasteiger partial charge on any atom is 0.194 e. The molecule has 4 atom stereocenters. The van der Waals surface area contributed by atoms with Crippen molar-refractivity contribution in [2.45, 2.75) is 112 Å². The normalized spacial score (nSPS) is 20.5. The second kappa shape index (κ2) is 17.9. The van der Waals surface area contributed by atoms with E-state index in [2.05, 4.69) is 50.5 Å². The Morgan fingerprint density at radius 2 is 1.17 bits per heavy atom. The van der Waals surface area contributed by atoms with Crippen molar-refractivity contribution in [2.75, 3.05) is 0 Å². The van der Waals surface area contributed by atoms with Gasteiger partial charge in [0.1, 0.15) is 34.0 Å². The van der Waals surface area contributed by atoms with Crippen LogP contribution in [0.2, 0.25) is 0 Å². The summed E-state index contributed by atoms with van der Waals surface area (Å²) >= 11 is 17.9. The topological polar surface area (TPSA) is 86.7 Å². The molecule has 10 heteroatoms. The molecule has 1 aliphatic rings. The van der Waals surface area contributed by atoms with Crippen LogP contribution in [0.25, 0.3) is 0 Å². The molecule has 0 amide bonds. The van der Waals surface area contributed by atoms with Gasteiger partial charge in [0.05, 0.1) is 0 Å². The van der Waals surface area contributed by atoms with Crippen LogP contribution in [0.5, 0.6) is 0 Å². The molecule has 204 valence electrons. The highest BCUT2D eigenvalue weighted by atomic mass is 32.1. The molecule has 0 fully saturated rings. The lowest BCUT2D eigenvalue weighted by molar-refractivity contribution is -0.218. The Morgan fingerprint density at radius 3 is 1.53 bits per heavy atom. The molecule has 0 heterocycles. The molecule has 0 aromatic rings. The number of allylic oxidation sites excluding steroid dienone is 2. The summed E-state index contributed by atoms with van der Waals surface area (Å²) in [4.78, 5) is 46.8. The van der Waals surface area contributed by atoms with E-state index in [-0.39, 0.29) is 46.5 Å². The lowest BCUT2D eigenvalue weighted by atomic mass is 10.1. The number of ether oxygens (including phenoxy) is 2. The van der Waals surface area contributed by atoms with Crippen LogP contribution in [-0.2, 0) is 28.7 Å². The van der Waals surface area contributed by atoms with Gasteiger partial charge in [-0.3, -0.25) is 9.59 Å². The summed E-state index contributed by atoms with van der Waals surface area (Å²) in [6, 6.07) is 0. The molecule has 0 bridgehead atoms. The van der Waals surface area contributed by atoms with Crippen LogP contribution in [0.4, 0.5) is 0 Å². The van der Waals surface area contributed by atoms with Gasteiger partial charge in [-0.05, 0) is 45.6 Å². The summed E-state index contributed by atoms with van der Waals surface area (Å²) in [6.07, 6.45) is 11.8. The number of carbonyl (C=O) groups is 4. The largest absolute Gasteiger partial charge is 0.332 e. The van der Waals surface area contributed by atoms with E-state index in [9.17, 15) is 19.2 Å². The van der Waals surface area contributed by atoms with Crippen molar-refractivity contribution < 1.29 is 28.7 Å². The molecule has 1 rings (SSSR count). The third-order valence-electron chi connectivity index (χ3n) is 5.60. The first-order chi connectivity index (χ1) is 16.9. The highest BCUT2D eigenvalue weighted by molar-refractivity contribution is 7.81. The molecule has 0 saturated carbocycles. The number of thiol groups is 4. The van der Waals surface area contributed by atoms with Crippen LogP contribution in [0.15, 0.2) is 24.3 Å². The van der Waals surface area contributed by atoms with Crippen LogP contribution in [0.1, 0.15) is 84.5 Å². The second-order valence-corrected chi connectivity index (χ2v) is 11.9. The van der Waals surface area contributed by atoms with E-state index in [0.717, 1.165) is 0 Å². The zero-order valence-electron chi connectivity index (χ0n) is 21.1. The van der Waals surface area contributed by atoms with Crippen LogP contribution in [-0.4, -0.2) is 50.3 Å². The van der Waals surface area contributed by atoms with Crippen LogP contribution < -0.4 is 0 Å². The van der Waals surface area contributed by atoms with Crippen LogP contribution >= 0.6 is 50.5 Å². The average Bonchev–Trinajstić information content (AvgIpc) is 2.79. The highest BCUT2D eigenvalue weighted by Crippen LogP contribution is 2.31. The minimum Gasteiger partial charge on any atom is -0.332 e. The molecule has 6 nitrogen and oxygen atoms in total. The molecule has 0 aromatic heterocycles. The Morgan fingerprint density at radius 1 is 0.722 bits per heavy atom.